The molecule has 0 radical (unpaired) electrons. The van der Waals surface area contributed by atoms with Gasteiger partial charge in [0.2, 0.25) is 0 Å². The fraction of sp³-hybridized carbons (Fsp3) is 0.379. The van der Waals surface area contributed by atoms with Gasteiger partial charge < -0.3 is 14.6 Å². The van der Waals surface area contributed by atoms with Gasteiger partial charge in [0.05, 0.1) is 28.7 Å². The van der Waals surface area contributed by atoms with Crippen molar-refractivity contribution < 1.29 is 19.1 Å². The van der Waals surface area contributed by atoms with Crippen LogP contribution in [0.15, 0.2) is 53.5 Å². The molecule has 2 saturated heterocycles. The molecule has 2 aromatic carbocycles. The molecule has 0 saturated carbocycles. The largest absolute Gasteiger partial charge is 0.381 e. The highest BCUT2D eigenvalue weighted by Gasteiger charge is 2.27. The first-order chi connectivity index (χ1) is 18.5. The van der Waals surface area contributed by atoms with Crippen LogP contribution in [-0.4, -0.2) is 58.0 Å². The van der Waals surface area contributed by atoms with Crippen LogP contribution in [0, 0.1) is 6.92 Å². The number of pyridine rings is 1. The number of aromatic amines is 1. The molecule has 1 amide bonds. The molecule has 0 spiro atoms. The second-order valence-corrected chi connectivity index (χ2v) is 9.95. The predicted octanol–water partition coefficient (Wildman–Crippen LogP) is 3.97. The van der Waals surface area contributed by atoms with Crippen LogP contribution in [0.4, 0.5) is 0 Å². The zero-order valence-electron chi connectivity index (χ0n) is 21.3. The number of nitrogens with one attached hydrogen (secondary N) is 1. The molecule has 1 unspecified atom stereocenters. The van der Waals surface area contributed by atoms with Crippen molar-refractivity contribution in [1.82, 2.24) is 19.7 Å². The van der Waals surface area contributed by atoms with Crippen molar-refractivity contribution in [3.05, 3.63) is 75.7 Å². The lowest BCUT2D eigenvalue weighted by molar-refractivity contribution is -0.191. The molecule has 0 bridgehead atoms. The molecule has 2 aliphatic heterocycles. The quantitative estimate of drug-likeness (QED) is 0.442. The number of fused-ring (bicyclic) bond motifs is 3. The summed E-state index contributed by atoms with van der Waals surface area (Å²) >= 11 is 0. The van der Waals surface area contributed by atoms with Crippen LogP contribution in [0.1, 0.15) is 59.1 Å². The summed E-state index contributed by atoms with van der Waals surface area (Å²) in [6, 6.07) is 14.6. The van der Waals surface area contributed by atoms with Gasteiger partial charge in [-0.15, -0.1) is 0 Å². The molecular formula is C29H30N4O5. The summed E-state index contributed by atoms with van der Waals surface area (Å²) in [5.74, 6) is 0.411. The Morgan fingerprint density at radius 2 is 1.82 bits per heavy atom. The van der Waals surface area contributed by atoms with Crippen LogP contribution in [0.5, 0.6) is 0 Å². The molecular weight excluding hydrogens is 484 g/mol. The van der Waals surface area contributed by atoms with Gasteiger partial charge in [-0.3, -0.25) is 14.3 Å². The molecule has 1 atom stereocenters. The summed E-state index contributed by atoms with van der Waals surface area (Å²) in [6.07, 6.45) is 5.71. The molecule has 38 heavy (non-hydrogen) atoms. The first kappa shape index (κ1) is 25.6. The number of hydrogen-bond acceptors (Lipinski definition) is 6. The third kappa shape index (κ3) is 4.90. The second kappa shape index (κ2) is 11.1. The van der Waals surface area contributed by atoms with Crippen LogP contribution in [0.25, 0.3) is 21.8 Å². The third-order valence-electron chi connectivity index (χ3n) is 7.65. The Labute approximate surface area is 219 Å². The Balaban J connectivity index is 0.000000937. The zero-order valence-corrected chi connectivity index (χ0v) is 21.3. The van der Waals surface area contributed by atoms with E-state index >= 15 is 0 Å². The average molecular weight is 515 g/mol. The van der Waals surface area contributed by atoms with Crippen LogP contribution >= 0.6 is 0 Å². The Hall–Kier alpha value is -4.07. The number of benzene rings is 2. The van der Waals surface area contributed by atoms with E-state index in [2.05, 4.69) is 34.3 Å². The van der Waals surface area contributed by atoms with Gasteiger partial charge in [-0.05, 0) is 55.9 Å². The number of carbonyl (C=O) groups excluding carboxylic acids is 3. The van der Waals surface area contributed by atoms with E-state index in [9.17, 15) is 9.59 Å². The van der Waals surface area contributed by atoms with Crippen molar-refractivity contribution in [2.75, 3.05) is 26.3 Å². The number of ether oxygens (including phenoxy) is 1. The van der Waals surface area contributed by atoms with Crippen LogP contribution < -0.4 is 5.56 Å². The molecule has 4 heterocycles. The lowest BCUT2D eigenvalue weighted by atomic mass is 9.90. The average Bonchev–Trinajstić information content (AvgIpc) is 3.40. The van der Waals surface area contributed by atoms with Gasteiger partial charge in [-0.25, -0.2) is 0 Å². The summed E-state index contributed by atoms with van der Waals surface area (Å²) < 4.78 is 7.51. The number of aryl methyl sites for hydroxylation is 1. The van der Waals surface area contributed by atoms with Gasteiger partial charge >= 0.3 is 6.15 Å². The molecule has 196 valence electrons. The standard InChI is InChI=1S/C28H30N4O3.CO2/c1-18-14-25-23(26-24(27(33)30-25)16-29-32(26)21-9-12-35-13-10-21)15-22(18)28(34)31-11-5-8-20(17-31)19-6-3-2-4-7-19;2-1-3/h2-4,6-7,14-16,20-21H,5,8-13,17H2,1H3,(H,30,33);. The van der Waals surface area contributed by atoms with E-state index in [4.69, 9.17) is 14.3 Å². The van der Waals surface area contributed by atoms with E-state index in [1.165, 1.54) is 5.56 Å². The smallest absolute Gasteiger partial charge is 0.373 e. The monoisotopic (exact) mass is 514 g/mol. The van der Waals surface area contributed by atoms with Gasteiger partial charge in [0.15, 0.2) is 0 Å². The van der Waals surface area contributed by atoms with Gasteiger partial charge in [0, 0.05) is 43.2 Å². The Morgan fingerprint density at radius 1 is 1.08 bits per heavy atom. The fourth-order valence-electron chi connectivity index (χ4n) is 5.76. The summed E-state index contributed by atoms with van der Waals surface area (Å²) in [6.45, 7) is 4.81. The van der Waals surface area contributed by atoms with Gasteiger partial charge in [-0.2, -0.15) is 14.7 Å². The van der Waals surface area contributed by atoms with Crippen molar-refractivity contribution >= 4 is 33.9 Å². The first-order valence-electron chi connectivity index (χ1n) is 13.0. The van der Waals surface area contributed by atoms with Crippen molar-refractivity contribution in [1.29, 1.82) is 0 Å². The number of H-pyrrole nitrogens is 1. The fourth-order valence-corrected chi connectivity index (χ4v) is 5.76. The molecule has 9 heteroatoms. The number of piperidine rings is 1. The third-order valence-corrected chi connectivity index (χ3v) is 7.65. The lowest BCUT2D eigenvalue weighted by Gasteiger charge is -2.33. The maximum atomic E-state index is 13.8. The molecule has 2 aliphatic rings. The number of nitrogens with zero attached hydrogens (tertiary/aromatic N) is 3. The van der Waals surface area contributed by atoms with Gasteiger partial charge in [0.1, 0.15) is 0 Å². The summed E-state index contributed by atoms with van der Waals surface area (Å²) in [5, 5.41) is 6.04. The summed E-state index contributed by atoms with van der Waals surface area (Å²) in [7, 11) is 0. The minimum Gasteiger partial charge on any atom is -0.381 e. The maximum Gasteiger partial charge on any atom is 0.373 e. The number of aromatic nitrogens is 3. The molecule has 2 aromatic heterocycles. The number of carbonyl (C=O) groups is 1. The van der Waals surface area contributed by atoms with Gasteiger partial charge in [-0.1, -0.05) is 30.3 Å². The van der Waals surface area contributed by atoms with E-state index in [0.717, 1.165) is 60.8 Å². The number of hydrogen-bond donors (Lipinski definition) is 1. The normalized spacial score (nSPS) is 18.1. The Bertz CT molecular complexity index is 1550. The van der Waals surface area contributed by atoms with Crippen LogP contribution in [-0.2, 0) is 14.3 Å². The SMILES string of the molecule is Cc1cc2[nH]c(=O)c3cnn(C4CCOCC4)c3c2cc1C(=O)N1CCCC(c2ccccc2)C1.O=C=O. The highest BCUT2D eigenvalue weighted by molar-refractivity contribution is 6.07. The van der Waals surface area contributed by atoms with E-state index in [1.54, 1.807) is 6.20 Å². The highest BCUT2D eigenvalue weighted by atomic mass is 16.5. The van der Waals surface area contributed by atoms with Crippen LogP contribution in [0.2, 0.25) is 0 Å². The Kier molecular flexibility index (Phi) is 7.49. The van der Waals surface area contributed by atoms with E-state index in [0.29, 0.717) is 30.1 Å². The maximum absolute atomic E-state index is 13.8. The lowest BCUT2D eigenvalue weighted by Crippen LogP contribution is -2.39. The van der Waals surface area contributed by atoms with Crippen molar-refractivity contribution in [2.45, 2.75) is 44.6 Å². The van der Waals surface area contributed by atoms with E-state index < -0.39 is 0 Å². The van der Waals surface area contributed by atoms with Gasteiger partial charge in [0.25, 0.3) is 11.5 Å². The highest BCUT2D eigenvalue weighted by Crippen LogP contribution is 2.32. The predicted molar refractivity (Wildman–Crippen MR) is 141 cm³/mol. The van der Waals surface area contributed by atoms with Crippen molar-refractivity contribution in [3.63, 3.8) is 0 Å². The molecule has 1 N–H and O–H groups in total. The molecule has 6 rings (SSSR count). The van der Waals surface area contributed by atoms with E-state index in [-0.39, 0.29) is 23.7 Å². The number of rotatable bonds is 3. The minimum absolute atomic E-state index is 0.0570. The van der Waals surface area contributed by atoms with Crippen molar-refractivity contribution in [2.24, 2.45) is 0 Å². The first-order valence-corrected chi connectivity index (χ1v) is 13.0. The second-order valence-electron chi connectivity index (χ2n) is 9.95. The molecule has 9 nitrogen and oxygen atoms in total. The number of likely N-dealkylation sites (tertiary alicyclic amines) is 1. The van der Waals surface area contributed by atoms with E-state index in [1.807, 2.05) is 34.7 Å². The van der Waals surface area contributed by atoms with Crippen molar-refractivity contribution in [3.8, 4) is 0 Å². The zero-order chi connectivity index (χ0) is 26.6. The van der Waals surface area contributed by atoms with Crippen LogP contribution in [0.3, 0.4) is 0 Å². The number of amides is 1. The molecule has 4 aromatic rings. The molecule has 2 fully saturated rings. The Morgan fingerprint density at radius 3 is 2.55 bits per heavy atom. The topological polar surface area (TPSA) is 114 Å². The molecule has 0 aliphatic carbocycles. The summed E-state index contributed by atoms with van der Waals surface area (Å²) in [4.78, 5) is 47.9. The summed E-state index contributed by atoms with van der Waals surface area (Å²) in [5.41, 5.74) is 4.26. The minimum atomic E-state index is -0.147.